The van der Waals surface area contributed by atoms with Crippen LogP contribution in [0.4, 0.5) is 10.5 Å². The predicted octanol–water partition coefficient (Wildman–Crippen LogP) is 5.18. The highest BCUT2D eigenvalue weighted by atomic mass is 16.6. The quantitative estimate of drug-likeness (QED) is 0.141. The van der Waals surface area contributed by atoms with Crippen LogP contribution >= 0.6 is 0 Å². The zero-order valence-corrected chi connectivity index (χ0v) is 26.4. The summed E-state index contributed by atoms with van der Waals surface area (Å²) in [5.74, 6) is -2.82. The molecule has 3 amide bonds. The van der Waals surface area contributed by atoms with Crippen molar-refractivity contribution in [2.24, 2.45) is 0 Å². The largest absolute Gasteiger partial charge is 0.460 e. The molecule has 4 aromatic rings. The summed E-state index contributed by atoms with van der Waals surface area (Å²) < 4.78 is 16.2. The topological polar surface area (TPSA) is 148 Å². The normalized spacial score (nSPS) is 12.5. The van der Waals surface area contributed by atoms with Gasteiger partial charge in [0.2, 0.25) is 0 Å². The Morgan fingerprint density at radius 2 is 1.62 bits per heavy atom. The Bertz CT molecular complexity index is 1810. The summed E-state index contributed by atoms with van der Waals surface area (Å²) in [6, 6.07) is 18.0. The molecule has 1 aromatic heterocycles. The number of hydrogen-bond donors (Lipinski definition) is 1. The molecule has 0 radical (unpaired) electrons. The Kier molecular flexibility index (Phi) is 9.50. The average molecular weight is 639 g/mol. The Morgan fingerprint density at radius 3 is 2.32 bits per heavy atom. The number of fused-ring (bicyclic) bond motifs is 1. The van der Waals surface area contributed by atoms with Crippen LogP contribution < -0.4 is 4.90 Å². The number of carbonyl (C=O) groups excluding carboxylic acids is 5. The van der Waals surface area contributed by atoms with Gasteiger partial charge in [0.1, 0.15) is 18.8 Å². The molecule has 12 heteroatoms. The van der Waals surface area contributed by atoms with Crippen molar-refractivity contribution in [3.05, 3.63) is 118 Å². The van der Waals surface area contributed by atoms with Gasteiger partial charge in [-0.25, -0.2) is 24.3 Å². The van der Waals surface area contributed by atoms with Gasteiger partial charge < -0.3 is 24.1 Å². The Hall–Kier alpha value is -5.78. The van der Waals surface area contributed by atoms with Crippen molar-refractivity contribution in [2.75, 3.05) is 25.1 Å². The van der Waals surface area contributed by atoms with Crippen LogP contribution in [-0.2, 0) is 27.2 Å². The lowest BCUT2D eigenvalue weighted by Gasteiger charge is -2.24. The molecular formula is C35H34N4O8. The lowest BCUT2D eigenvalue weighted by molar-refractivity contribution is 0.0217. The molecule has 3 aromatic carbocycles. The first kappa shape index (κ1) is 32.6. The van der Waals surface area contributed by atoms with E-state index in [-0.39, 0.29) is 47.7 Å². The first-order valence-corrected chi connectivity index (χ1v) is 14.9. The molecule has 1 N–H and O–H groups in total. The first-order valence-electron chi connectivity index (χ1n) is 14.9. The molecule has 0 atom stereocenters. The van der Waals surface area contributed by atoms with Crippen molar-refractivity contribution >= 4 is 35.5 Å². The molecular weight excluding hydrogens is 604 g/mol. The predicted molar refractivity (Wildman–Crippen MR) is 170 cm³/mol. The summed E-state index contributed by atoms with van der Waals surface area (Å²) in [4.78, 5) is 75.1. The number of amides is 3. The number of carbonyl (C=O) groups is 5. The maximum absolute atomic E-state index is 13.8. The fourth-order valence-corrected chi connectivity index (χ4v) is 4.82. The van der Waals surface area contributed by atoms with Crippen molar-refractivity contribution in [1.82, 2.24) is 14.9 Å². The molecule has 0 unspecified atom stereocenters. The molecule has 0 saturated heterocycles. The molecule has 0 bridgehead atoms. The average Bonchev–Trinajstić information content (AvgIpc) is 3.64. The lowest BCUT2D eigenvalue weighted by atomic mass is 10.0. The van der Waals surface area contributed by atoms with E-state index >= 15 is 0 Å². The minimum atomic E-state index is -0.799. The second kappa shape index (κ2) is 13.7. The van der Waals surface area contributed by atoms with Gasteiger partial charge >= 0.3 is 18.0 Å². The van der Waals surface area contributed by atoms with E-state index in [0.29, 0.717) is 12.0 Å². The minimum absolute atomic E-state index is 0.00133. The summed E-state index contributed by atoms with van der Waals surface area (Å²) in [6.45, 7) is 5.15. The van der Waals surface area contributed by atoms with Gasteiger partial charge in [0.05, 0.1) is 40.8 Å². The first-order chi connectivity index (χ1) is 22.4. The number of imide groups is 1. The molecule has 0 spiro atoms. The SMILES string of the molecule is CN(CCOC(=O)c1ccc(Cc2cnc[nH]2)cc1N1C(=O)c2ccc(C(=O)OCc3ccccc3)cc2C1=O)C(=O)OC(C)(C)C. The molecule has 5 rings (SSSR count). The highest BCUT2D eigenvalue weighted by Gasteiger charge is 2.39. The number of esters is 2. The summed E-state index contributed by atoms with van der Waals surface area (Å²) in [5.41, 5.74) is 1.74. The minimum Gasteiger partial charge on any atom is -0.460 e. The fraction of sp³-hybridized carbons (Fsp3) is 0.257. The second-order valence-corrected chi connectivity index (χ2v) is 11.9. The zero-order valence-electron chi connectivity index (χ0n) is 26.4. The highest BCUT2D eigenvalue weighted by Crippen LogP contribution is 2.33. The Morgan fingerprint density at radius 1 is 0.872 bits per heavy atom. The lowest BCUT2D eigenvalue weighted by Crippen LogP contribution is -2.36. The molecule has 0 fully saturated rings. The maximum Gasteiger partial charge on any atom is 0.410 e. The number of aromatic nitrogens is 2. The number of likely N-dealkylation sites (N-methyl/N-ethyl adjacent to an activating group) is 1. The van der Waals surface area contributed by atoms with Gasteiger partial charge in [-0.05, 0) is 62.2 Å². The third kappa shape index (κ3) is 7.72. The zero-order chi connectivity index (χ0) is 33.7. The van der Waals surface area contributed by atoms with Crippen molar-refractivity contribution in [3.63, 3.8) is 0 Å². The highest BCUT2D eigenvalue weighted by molar-refractivity contribution is 6.35. The third-order valence-electron chi connectivity index (χ3n) is 7.17. The molecule has 12 nitrogen and oxygen atoms in total. The number of benzene rings is 3. The molecule has 2 heterocycles. The van der Waals surface area contributed by atoms with Crippen molar-refractivity contribution < 1.29 is 38.2 Å². The number of anilines is 1. The van der Waals surface area contributed by atoms with E-state index in [0.717, 1.165) is 16.2 Å². The molecule has 1 aliphatic rings. The van der Waals surface area contributed by atoms with Crippen LogP contribution in [0, 0.1) is 0 Å². The van der Waals surface area contributed by atoms with Crippen LogP contribution in [0.2, 0.25) is 0 Å². The van der Waals surface area contributed by atoms with Gasteiger partial charge in [-0.1, -0.05) is 36.4 Å². The molecule has 47 heavy (non-hydrogen) atoms. The Labute approximate surface area is 271 Å². The number of nitrogens with one attached hydrogen (secondary N) is 1. The van der Waals surface area contributed by atoms with E-state index in [1.807, 2.05) is 30.3 Å². The van der Waals surface area contributed by atoms with Gasteiger partial charge in [0.15, 0.2) is 0 Å². The van der Waals surface area contributed by atoms with E-state index in [1.165, 1.54) is 42.5 Å². The molecule has 0 aliphatic carbocycles. The van der Waals surface area contributed by atoms with E-state index in [9.17, 15) is 24.0 Å². The van der Waals surface area contributed by atoms with Gasteiger partial charge in [-0.15, -0.1) is 0 Å². The van der Waals surface area contributed by atoms with Crippen molar-refractivity contribution in [3.8, 4) is 0 Å². The summed E-state index contributed by atoms with van der Waals surface area (Å²) >= 11 is 0. The smallest absolute Gasteiger partial charge is 0.410 e. The van der Waals surface area contributed by atoms with Crippen molar-refractivity contribution in [1.29, 1.82) is 0 Å². The van der Waals surface area contributed by atoms with Gasteiger partial charge in [0, 0.05) is 25.4 Å². The van der Waals surface area contributed by atoms with Gasteiger partial charge in [-0.3, -0.25) is 9.59 Å². The maximum atomic E-state index is 13.8. The summed E-state index contributed by atoms with van der Waals surface area (Å²) in [6.07, 6.45) is 2.97. The number of ether oxygens (including phenoxy) is 3. The third-order valence-corrected chi connectivity index (χ3v) is 7.17. The number of nitrogens with zero attached hydrogens (tertiary/aromatic N) is 3. The summed E-state index contributed by atoms with van der Waals surface area (Å²) in [5, 5.41) is 0. The second-order valence-electron chi connectivity index (χ2n) is 11.9. The van der Waals surface area contributed by atoms with Crippen LogP contribution in [0.3, 0.4) is 0 Å². The standard InChI is InChI=1S/C35H34N4O8/c1-35(2,3)47-34(44)38(4)14-15-45-33(43)27-12-10-23(16-25-19-36-21-37-25)17-29(27)39-30(40)26-13-11-24(18-28(26)31(39)41)32(42)46-20-22-8-6-5-7-9-22/h5-13,17-19,21H,14-16,20H2,1-4H3,(H,36,37). The van der Waals surface area contributed by atoms with E-state index < -0.39 is 35.4 Å². The van der Waals surface area contributed by atoms with Crippen LogP contribution in [0.15, 0.2) is 79.3 Å². The number of aromatic amines is 1. The Balaban J connectivity index is 1.37. The number of hydrogen-bond acceptors (Lipinski definition) is 9. The summed E-state index contributed by atoms with van der Waals surface area (Å²) in [7, 11) is 1.52. The molecule has 242 valence electrons. The van der Waals surface area contributed by atoms with E-state index in [1.54, 1.807) is 39.1 Å². The van der Waals surface area contributed by atoms with Crippen molar-refractivity contribution in [2.45, 2.75) is 39.4 Å². The molecule has 1 aliphatic heterocycles. The van der Waals surface area contributed by atoms with Crippen LogP contribution in [0.5, 0.6) is 0 Å². The molecule has 0 saturated carbocycles. The van der Waals surface area contributed by atoms with Gasteiger partial charge in [0.25, 0.3) is 11.8 Å². The van der Waals surface area contributed by atoms with E-state index in [4.69, 9.17) is 14.2 Å². The number of H-pyrrole nitrogens is 1. The van der Waals surface area contributed by atoms with Gasteiger partial charge in [-0.2, -0.15) is 0 Å². The number of rotatable bonds is 10. The van der Waals surface area contributed by atoms with Crippen LogP contribution in [-0.4, -0.2) is 70.5 Å². The van der Waals surface area contributed by atoms with E-state index in [2.05, 4.69) is 9.97 Å². The monoisotopic (exact) mass is 638 g/mol. The van der Waals surface area contributed by atoms with Crippen LogP contribution in [0.25, 0.3) is 0 Å². The number of imidazole rings is 1. The van der Waals surface area contributed by atoms with Crippen LogP contribution in [0.1, 0.15) is 79.0 Å². The fourth-order valence-electron chi connectivity index (χ4n) is 4.82.